The summed E-state index contributed by atoms with van der Waals surface area (Å²) >= 11 is 3.46. The van der Waals surface area contributed by atoms with Gasteiger partial charge in [0.05, 0.1) is 4.32 Å². The van der Waals surface area contributed by atoms with Crippen LogP contribution < -0.4 is 0 Å². The number of halogens is 1. The highest BCUT2D eigenvalue weighted by Gasteiger charge is 2.38. The summed E-state index contributed by atoms with van der Waals surface area (Å²) in [6.45, 7) is 3.99. The molecule has 0 amide bonds. The van der Waals surface area contributed by atoms with Crippen LogP contribution in [-0.2, 0) is 6.42 Å². The second-order valence-corrected chi connectivity index (χ2v) is 5.61. The molecule has 0 bridgehead atoms. The average molecular weight is 239 g/mol. The summed E-state index contributed by atoms with van der Waals surface area (Å²) in [5.74, 6) is 0.211. The van der Waals surface area contributed by atoms with E-state index in [0.717, 1.165) is 12.0 Å². The fraction of sp³-hybridized carbons (Fsp3) is 0.364. The molecule has 1 aliphatic rings. The normalized spacial score (nSPS) is 26.2. The number of hydrogen-bond acceptors (Lipinski definition) is 1. The lowest BCUT2D eigenvalue weighted by Crippen LogP contribution is -2.23. The SMILES string of the molecule is Cc1ccc2c(c1)CC(C)(Br)C2=O. The van der Waals surface area contributed by atoms with Gasteiger partial charge in [0, 0.05) is 5.56 Å². The van der Waals surface area contributed by atoms with Gasteiger partial charge in [0.1, 0.15) is 0 Å². The van der Waals surface area contributed by atoms with Gasteiger partial charge in [-0.05, 0) is 25.8 Å². The summed E-state index contributed by atoms with van der Waals surface area (Å²) in [7, 11) is 0. The highest BCUT2D eigenvalue weighted by atomic mass is 79.9. The molecule has 68 valence electrons. The monoisotopic (exact) mass is 238 g/mol. The largest absolute Gasteiger partial charge is 0.293 e. The second-order valence-electron chi connectivity index (χ2n) is 3.86. The number of fused-ring (bicyclic) bond motifs is 1. The molecule has 0 fully saturated rings. The first-order valence-corrected chi connectivity index (χ1v) is 5.13. The molecule has 1 atom stereocenters. The molecule has 2 rings (SSSR count). The lowest BCUT2D eigenvalue weighted by atomic mass is 10.1. The predicted molar refractivity (Wildman–Crippen MR) is 56.5 cm³/mol. The van der Waals surface area contributed by atoms with E-state index in [9.17, 15) is 4.79 Å². The summed E-state index contributed by atoms with van der Waals surface area (Å²) < 4.78 is -0.372. The van der Waals surface area contributed by atoms with E-state index >= 15 is 0 Å². The standard InChI is InChI=1S/C11H11BrO/c1-7-3-4-9-8(5-7)6-11(2,12)10(9)13/h3-5H,6H2,1-2H3. The fourth-order valence-electron chi connectivity index (χ4n) is 1.81. The van der Waals surface area contributed by atoms with Crippen LogP contribution in [0.2, 0.25) is 0 Å². The van der Waals surface area contributed by atoms with Crippen LogP contribution in [0.4, 0.5) is 0 Å². The van der Waals surface area contributed by atoms with Crippen LogP contribution in [0, 0.1) is 6.92 Å². The highest BCUT2D eigenvalue weighted by Crippen LogP contribution is 2.36. The molecule has 13 heavy (non-hydrogen) atoms. The van der Waals surface area contributed by atoms with Gasteiger partial charge in [-0.25, -0.2) is 0 Å². The first-order valence-electron chi connectivity index (χ1n) is 4.34. The maximum atomic E-state index is 11.8. The molecule has 0 spiro atoms. The maximum Gasteiger partial charge on any atom is 0.179 e. The van der Waals surface area contributed by atoms with Crippen LogP contribution in [0.1, 0.15) is 28.4 Å². The third-order valence-electron chi connectivity index (χ3n) is 2.50. The van der Waals surface area contributed by atoms with Crippen molar-refractivity contribution in [2.45, 2.75) is 24.6 Å². The summed E-state index contributed by atoms with van der Waals surface area (Å²) in [4.78, 5) is 11.8. The topological polar surface area (TPSA) is 17.1 Å². The Labute approximate surface area is 86.3 Å². The van der Waals surface area contributed by atoms with Crippen LogP contribution in [0.5, 0.6) is 0 Å². The fourth-order valence-corrected chi connectivity index (χ4v) is 2.32. The van der Waals surface area contributed by atoms with Crippen molar-refractivity contribution in [2.24, 2.45) is 0 Å². The quantitative estimate of drug-likeness (QED) is 0.636. The third kappa shape index (κ3) is 1.33. The van der Waals surface area contributed by atoms with Crippen molar-refractivity contribution < 1.29 is 4.79 Å². The van der Waals surface area contributed by atoms with Gasteiger partial charge in [0.25, 0.3) is 0 Å². The Kier molecular flexibility index (Phi) is 1.84. The number of ketones is 1. The van der Waals surface area contributed by atoms with Gasteiger partial charge >= 0.3 is 0 Å². The number of carbonyl (C=O) groups excluding carboxylic acids is 1. The zero-order chi connectivity index (χ0) is 9.64. The van der Waals surface area contributed by atoms with Gasteiger partial charge in [-0.15, -0.1) is 0 Å². The average Bonchev–Trinajstić information content (AvgIpc) is 2.22. The number of alkyl halides is 1. The summed E-state index contributed by atoms with van der Waals surface area (Å²) in [6, 6.07) is 6.02. The van der Waals surface area contributed by atoms with Crippen LogP contribution in [0.25, 0.3) is 0 Å². The Morgan fingerprint density at radius 1 is 1.46 bits per heavy atom. The minimum atomic E-state index is -0.372. The smallest absolute Gasteiger partial charge is 0.179 e. The predicted octanol–water partition coefficient (Wildman–Crippen LogP) is 2.89. The molecule has 0 N–H and O–H groups in total. The number of hydrogen-bond donors (Lipinski definition) is 0. The van der Waals surface area contributed by atoms with Crippen molar-refractivity contribution in [3.63, 3.8) is 0 Å². The Balaban J connectivity index is 2.57. The molecule has 0 heterocycles. The molecule has 2 heteroatoms. The van der Waals surface area contributed by atoms with Crippen molar-refractivity contribution in [2.75, 3.05) is 0 Å². The van der Waals surface area contributed by atoms with Crippen molar-refractivity contribution in [3.8, 4) is 0 Å². The van der Waals surface area contributed by atoms with Gasteiger partial charge in [-0.1, -0.05) is 39.7 Å². The first kappa shape index (κ1) is 8.95. The molecule has 1 aromatic rings. The van der Waals surface area contributed by atoms with Gasteiger partial charge < -0.3 is 0 Å². The molecule has 1 unspecified atom stereocenters. The molecule has 1 nitrogen and oxygen atoms in total. The summed E-state index contributed by atoms with van der Waals surface area (Å²) in [5, 5.41) is 0. The molecule has 0 aliphatic heterocycles. The van der Waals surface area contributed by atoms with Gasteiger partial charge in [-0.3, -0.25) is 4.79 Å². The highest BCUT2D eigenvalue weighted by molar-refractivity contribution is 9.10. The van der Waals surface area contributed by atoms with Crippen LogP contribution >= 0.6 is 15.9 Å². The van der Waals surface area contributed by atoms with Crippen molar-refractivity contribution in [1.82, 2.24) is 0 Å². The molecule has 0 radical (unpaired) electrons. The second kappa shape index (κ2) is 2.68. The number of Topliss-reactive ketones (excluding diaryl/α,β-unsaturated/α-hetero) is 1. The number of benzene rings is 1. The van der Waals surface area contributed by atoms with E-state index in [-0.39, 0.29) is 10.1 Å². The summed E-state index contributed by atoms with van der Waals surface area (Å²) in [5.41, 5.74) is 3.27. The third-order valence-corrected chi connectivity index (χ3v) is 3.14. The Bertz CT molecular complexity index is 380. The zero-order valence-electron chi connectivity index (χ0n) is 7.73. The number of aryl methyl sites for hydroxylation is 1. The molecular formula is C11H11BrO. The molecule has 0 aromatic heterocycles. The number of carbonyl (C=O) groups is 1. The maximum absolute atomic E-state index is 11.8. The van der Waals surface area contributed by atoms with Gasteiger partial charge in [0.15, 0.2) is 5.78 Å². The molecule has 0 saturated carbocycles. The first-order chi connectivity index (χ1) is 6.00. The van der Waals surface area contributed by atoms with Crippen LogP contribution in [0.3, 0.4) is 0 Å². The van der Waals surface area contributed by atoms with E-state index in [1.807, 2.05) is 19.1 Å². The van der Waals surface area contributed by atoms with E-state index in [2.05, 4.69) is 28.9 Å². The number of rotatable bonds is 0. The lowest BCUT2D eigenvalue weighted by molar-refractivity contribution is 0.0968. The van der Waals surface area contributed by atoms with E-state index < -0.39 is 0 Å². The molecule has 0 saturated heterocycles. The Morgan fingerprint density at radius 2 is 2.15 bits per heavy atom. The van der Waals surface area contributed by atoms with Crippen LogP contribution in [-0.4, -0.2) is 10.1 Å². The van der Waals surface area contributed by atoms with E-state index in [1.165, 1.54) is 11.1 Å². The van der Waals surface area contributed by atoms with E-state index in [1.54, 1.807) is 0 Å². The Hall–Kier alpha value is -0.630. The van der Waals surface area contributed by atoms with Crippen molar-refractivity contribution in [3.05, 3.63) is 34.9 Å². The summed E-state index contributed by atoms with van der Waals surface area (Å²) in [6.07, 6.45) is 0.808. The van der Waals surface area contributed by atoms with Crippen molar-refractivity contribution >= 4 is 21.7 Å². The van der Waals surface area contributed by atoms with Gasteiger partial charge in [0.2, 0.25) is 0 Å². The van der Waals surface area contributed by atoms with E-state index in [0.29, 0.717) is 0 Å². The van der Waals surface area contributed by atoms with Crippen LogP contribution in [0.15, 0.2) is 18.2 Å². The zero-order valence-corrected chi connectivity index (χ0v) is 9.31. The molecular weight excluding hydrogens is 228 g/mol. The van der Waals surface area contributed by atoms with Crippen molar-refractivity contribution in [1.29, 1.82) is 0 Å². The Morgan fingerprint density at radius 3 is 2.85 bits per heavy atom. The molecule has 1 aliphatic carbocycles. The minimum absolute atomic E-state index is 0.211. The van der Waals surface area contributed by atoms with E-state index in [4.69, 9.17) is 0 Å². The van der Waals surface area contributed by atoms with Gasteiger partial charge in [-0.2, -0.15) is 0 Å². The minimum Gasteiger partial charge on any atom is -0.293 e. The molecule has 1 aromatic carbocycles. The lowest BCUT2D eigenvalue weighted by Gasteiger charge is -2.10.